The maximum absolute atomic E-state index is 13.4. The molecule has 0 N–H and O–H groups in total. The minimum atomic E-state index is -0.334. The van der Waals surface area contributed by atoms with Crippen LogP contribution >= 0.6 is 0 Å². The highest BCUT2D eigenvalue weighted by molar-refractivity contribution is 6.04. The molecule has 1 aliphatic rings. The highest BCUT2D eigenvalue weighted by atomic mass is 19.1. The van der Waals surface area contributed by atoms with Crippen molar-refractivity contribution in [1.82, 2.24) is 19.6 Å². The van der Waals surface area contributed by atoms with Crippen molar-refractivity contribution in [2.45, 2.75) is 26.8 Å². The van der Waals surface area contributed by atoms with Gasteiger partial charge in [0.15, 0.2) is 5.69 Å². The van der Waals surface area contributed by atoms with Crippen molar-refractivity contribution in [2.75, 3.05) is 26.2 Å². The highest BCUT2D eigenvalue weighted by Gasteiger charge is 2.27. The molecule has 1 aliphatic heterocycles. The predicted octanol–water partition coefficient (Wildman–Crippen LogP) is 2.72. The van der Waals surface area contributed by atoms with Crippen LogP contribution in [0.25, 0.3) is 10.8 Å². The van der Waals surface area contributed by atoms with Crippen molar-refractivity contribution in [3.8, 4) is 0 Å². The molecule has 1 aromatic heterocycles. The molecular weight excluding hydrogens is 423 g/mol. The van der Waals surface area contributed by atoms with Crippen LogP contribution in [0.2, 0.25) is 0 Å². The van der Waals surface area contributed by atoms with Gasteiger partial charge in [0.1, 0.15) is 5.82 Å². The van der Waals surface area contributed by atoms with E-state index in [1.807, 2.05) is 13.8 Å². The Bertz CT molecular complexity index is 1230. The van der Waals surface area contributed by atoms with E-state index in [2.05, 4.69) is 5.10 Å². The van der Waals surface area contributed by atoms with Gasteiger partial charge in [0.2, 0.25) is 5.91 Å². The largest absolute Gasteiger partial charge is 0.339 e. The van der Waals surface area contributed by atoms with Gasteiger partial charge in [-0.05, 0) is 29.7 Å². The van der Waals surface area contributed by atoms with Gasteiger partial charge in [0, 0.05) is 38.1 Å². The molecule has 33 heavy (non-hydrogen) atoms. The van der Waals surface area contributed by atoms with E-state index < -0.39 is 0 Å². The summed E-state index contributed by atoms with van der Waals surface area (Å²) in [7, 11) is 0. The first-order valence-corrected chi connectivity index (χ1v) is 11.1. The number of benzene rings is 2. The lowest BCUT2D eigenvalue weighted by atomic mass is 10.1. The van der Waals surface area contributed by atoms with Crippen LogP contribution in [0.3, 0.4) is 0 Å². The number of carbonyl (C=O) groups is 2. The van der Waals surface area contributed by atoms with Crippen molar-refractivity contribution in [2.24, 2.45) is 5.92 Å². The van der Waals surface area contributed by atoms with Crippen molar-refractivity contribution in [3.05, 3.63) is 76.0 Å². The Morgan fingerprint density at radius 3 is 2.18 bits per heavy atom. The first kappa shape index (κ1) is 22.6. The molecule has 8 heteroatoms. The van der Waals surface area contributed by atoms with Crippen LogP contribution in [-0.2, 0) is 17.8 Å². The van der Waals surface area contributed by atoms with E-state index in [0.29, 0.717) is 43.5 Å². The summed E-state index contributed by atoms with van der Waals surface area (Å²) in [6, 6.07) is 12.9. The number of piperazine rings is 1. The number of hydrogen-bond acceptors (Lipinski definition) is 4. The topological polar surface area (TPSA) is 75.5 Å². The van der Waals surface area contributed by atoms with Gasteiger partial charge in [0.25, 0.3) is 11.5 Å². The zero-order chi connectivity index (χ0) is 23.5. The van der Waals surface area contributed by atoms with Crippen LogP contribution in [0.15, 0.2) is 53.3 Å². The van der Waals surface area contributed by atoms with Gasteiger partial charge in [0.05, 0.1) is 11.8 Å². The fourth-order valence-corrected chi connectivity index (χ4v) is 4.06. The fraction of sp³-hybridized carbons (Fsp3) is 0.360. The molecule has 1 fully saturated rings. The quantitative estimate of drug-likeness (QED) is 0.599. The molecule has 0 aliphatic carbocycles. The average molecular weight is 451 g/mol. The van der Waals surface area contributed by atoms with Crippen LogP contribution in [0.4, 0.5) is 4.39 Å². The van der Waals surface area contributed by atoms with Gasteiger partial charge < -0.3 is 9.80 Å². The lowest BCUT2D eigenvalue weighted by Gasteiger charge is -2.34. The molecule has 4 rings (SSSR count). The van der Waals surface area contributed by atoms with Crippen molar-refractivity contribution in [1.29, 1.82) is 0 Å². The molecule has 2 amide bonds. The van der Waals surface area contributed by atoms with Crippen LogP contribution in [0.1, 0.15) is 29.9 Å². The van der Waals surface area contributed by atoms with Crippen molar-refractivity contribution >= 4 is 22.6 Å². The molecule has 0 unspecified atom stereocenters. The third-order valence-corrected chi connectivity index (χ3v) is 5.80. The number of nitrogens with zero attached hydrogens (tertiary/aromatic N) is 4. The van der Waals surface area contributed by atoms with Gasteiger partial charge in [-0.15, -0.1) is 0 Å². The third-order valence-electron chi connectivity index (χ3n) is 5.80. The normalized spacial score (nSPS) is 14.2. The zero-order valence-corrected chi connectivity index (χ0v) is 18.8. The molecule has 0 atom stereocenters. The molecule has 3 aromatic rings. The summed E-state index contributed by atoms with van der Waals surface area (Å²) in [5.41, 5.74) is 0.812. The van der Waals surface area contributed by atoms with Gasteiger partial charge in [-0.2, -0.15) is 5.10 Å². The predicted molar refractivity (Wildman–Crippen MR) is 123 cm³/mol. The third kappa shape index (κ3) is 4.94. The monoisotopic (exact) mass is 450 g/mol. The Morgan fingerprint density at radius 2 is 1.55 bits per heavy atom. The molecule has 1 saturated heterocycles. The lowest BCUT2D eigenvalue weighted by molar-refractivity contribution is -0.131. The summed E-state index contributed by atoms with van der Waals surface area (Å²) in [4.78, 5) is 42.2. The van der Waals surface area contributed by atoms with E-state index in [4.69, 9.17) is 0 Å². The highest BCUT2D eigenvalue weighted by Crippen LogP contribution is 2.17. The number of halogens is 1. The number of carbonyl (C=O) groups excluding carboxylic acids is 2. The number of aromatic nitrogens is 2. The smallest absolute Gasteiger partial charge is 0.275 e. The Labute approximate surface area is 191 Å². The maximum Gasteiger partial charge on any atom is 0.275 e. The molecule has 0 radical (unpaired) electrons. The van der Waals surface area contributed by atoms with E-state index >= 15 is 0 Å². The SMILES string of the molecule is CC(C)Cn1nc(C(=O)N2CCN(C(=O)Cc3ccc(F)cc3)CC2)c2ccccc2c1=O. The van der Waals surface area contributed by atoms with Crippen LogP contribution < -0.4 is 5.56 Å². The average Bonchev–Trinajstić information content (AvgIpc) is 2.82. The summed E-state index contributed by atoms with van der Waals surface area (Å²) in [5.74, 6) is -0.425. The Balaban J connectivity index is 1.49. The van der Waals surface area contributed by atoms with Crippen LogP contribution in [-0.4, -0.2) is 57.6 Å². The first-order valence-electron chi connectivity index (χ1n) is 11.1. The first-order chi connectivity index (χ1) is 15.8. The maximum atomic E-state index is 13.4. The minimum absolute atomic E-state index is 0.0530. The van der Waals surface area contributed by atoms with Gasteiger partial charge >= 0.3 is 0 Å². The lowest BCUT2D eigenvalue weighted by Crippen LogP contribution is -2.51. The molecule has 2 heterocycles. The molecular formula is C25H27FN4O3. The van der Waals surface area contributed by atoms with E-state index in [-0.39, 0.29) is 41.2 Å². The van der Waals surface area contributed by atoms with Crippen molar-refractivity contribution < 1.29 is 14.0 Å². The summed E-state index contributed by atoms with van der Waals surface area (Å²) in [5, 5.41) is 5.45. The van der Waals surface area contributed by atoms with Gasteiger partial charge in [-0.1, -0.05) is 44.2 Å². The number of amides is 2. The Hall–Kier alpha value is -3.55. The standard InChI is InChI=1S/C25H27FN4O3/c1-17(2)16-30-24(32)21-6-4-3-5-20(21)23(27-30)25(33)29-13-11-28(12-14-29)22(31)15-18-7-9-19(26)10-8-18/h3-10,17H,11-16H2,1-2H3. The summed E-state index contributed by atoms with van der Waals surface area (Å²) in [6.07, 6.45) is 0.195. The number of fused-ring (bicyclic) bond motifs is 1. The van der Waals surface area contributed by atoms with Crippen molar-refractivity contribution in [3.63, 3.8) is 0 Å². The second kappa shape index (κ2) is 9.52. The van der Waals surface area contributed by atoms with E-state index in [1.54, 1.807) is 46.2 Å². The number of rotatable bonds is 5. The molecule has 0 spiro atoms. The molecule has 7 nitrogen and oxygen atoms in total. The minimum Gasteiger partial charge on any atom is -0.339 e. The molecule has 0 saturated carbocycles. The van der Waals surface area contributed by atoms with Crippen LogP contribution in [0.5, 0.6) is 0 Å². The zero-order valence-electron chi connectivity index (χ0n) is 18.8. The summed E-state index contributed by atoms with van der Waals surface area (Å²) in [6.45, 7) is 6.00. The van der Waals surface area contributed by atoms with E-state index in [1.165, 1.54) is 16.8 Å². The molecule has 0 bridgehead atoms. The van der Waals surface area contributed by atoms with E-state index in [9.17, 15) is 18.8 Å². The van der Waals surface area contributed by atoms with Gasteiger partial charge in [-0.3, -0.25) is 14.4 Å². The number of hydrogen-bond donors (Lipinski definition) is 0. The molecule has 172 valence electrons. The Kier molecular flexibility index (Phi) is 6.53. The summed E-state index contributed by atoms with van der Waals surface area (Å²) >= 11 is 0. The van der Waals surface area contributed by atoms with E-state index in [0.717, 1.165) is 5.56 Å². The fourth-order valence-electron chi connectivity index (χ4n) is 4.06. The molecule has 2 aromatic carbocycles. The second-order valence-corrected chi connectivity index (χ2v) is 8.75. The van der Waals surface area contributed by atoms with Crippen LogP contribution in [0, 0.1) is 11.7 Å². The Morgan fingerprint density at radius 1 is 0.939 bits per heavy atom. The second-order valence-electron chi connectivity index (χ2n) is 8.75. The van der Waals surface area contributed by atoms with Gasteiger partial charge in [-0.25, -0.2) is 9.07 Å². The summed E-state index contributed by atoms with van der Waals surface area (Å²) < 4.78 is 14.5.